The maximum absolute atomic E-state index is 10.8. The number of thiazole rings is 1. The van der Waals surface area contributed by atoms with Gasteiger partial charge in [0.05, 0.1) is 48.8 Å². The van der Waals surface area contributed by atoms with E-state index in [0.717, 1.165) is 107 Å². The van der Waals surface area contributed by atoms with Crippen LogP contribution in [-0.2, 0) is 11.3 Å². The van der Waals surface area contributed by atoms with Crippen molar-refractivity contribution in [2.45, 2.75) is 125 Å². The molecule has 5 aliphatic rings. The van der Waals surface area contributed by atoms with Crippen molar-refractivity contribution in [2.75, 3.05) is 39.8 Å². The first-order valence-electron chi connectivity index (χ1n) is 22.4. The van der Waals surface area contributed by atoms with Gasteiger partial charge in [-0.2, -0.15) is 5.10 Å². The van der Waals surface area contributed by atoms with Crippen molar-refractivity contribution in [2.24, 2.45) is 27.0 Å². The first kappa shape index (κ1) is 43.2. The maximum Gasteiger partial charge on any atom is 0.299 e. The Morgan fingerprint density at radius 3 is 2.57 bits per heavy atom. The summed E-state index contributed by atoms with van der Waals surface area (Å²) in [4.78, 5) is 11.2. The molecule has 0 spiro atoms. The van der Waals surface area contributed by atoms with Gasteiger partial charge in [-0.1, -0.05) is 51.5 Å². The fourth-order valence-corrected chi connectivity index (χ4v) is 13.1. The molecule has 13 heteroatoms. The molecule has 2 aromatic heterocycles. The van der Waals surface area contributed by atoms with Crippen LogP contribution in [0.25, 0.3) is 15.8 Å². The molecule has 2 aliphatic carbocycles. The van der Waals surface area contributed by atoms with Crippen molar-refractivity contribution < 1.29 is 19.4 Å². The molecule has 12 nitrogen and oxygen atoms in total. The fourth-order valence-electron chi connectivity index (χ4n) is 12.2. The Kier molecular flexibility index (Phi) is 11.3. The molecular weight excluding hydrogens is 783 g/mol. The topological polar surface area (TPSA) is 158 Å². The van der Waals surface area contributed by atoms with Crippen LogP contribution >= 0.6 is 11.3 Å². The number of piperidine rings is 1. The molecule has 5 heterocycles. The number of aryl methyl sites for hydroxylation is 1. The van der Waals surface area contributed by atoms with Crippen LogP contribution in [0.5, 0.6) is 0 Å². The number of aliphatic hydroxyl groups is 2. The first-order valence-corrected chi connectivity index (χ1v) is 23.2. The minimum absolute atomic E-state index is 0.00851. The highest BCUT2D eigenvalue weighted by Crippen LogP contribution is 2.64. The lowest BCUT2D eigenvalue weighted by atomic mass is 9.47. The SMILES string of the molecule is CCC1(C)CC2(Cn3ncc(C4=CC=C(N5CCC/C(=C(C)/C(N)=N\c6nc7ccc(C)cc7s6)C5=N)NC4=C(O)O)c3C)CC(C)(C)CC(OCC[N+]3(C)CCCC3)(C1)C2. The molecule has 2 saturated carbocycles. The minimum Gasteiger partial charge on any atom is -0.480 e. The second-order valence-electron chi connectivity index (χ2n) is 20.7. The van der Waals surface area contributed by atoms with Crippen molar-refractivity contribution in [1.82, 2.24) is 25.0 Å². The van der Waals surface area contributed by atoms with Crippen LogP contribution in [0.2, 0.25) is 0 Å². The molecule has 4 fully saturated rings. The number of allylic oxidation sites excluding steroid dienone is 3. The van der Waals surface area contributed by atoms with Gasteiger partial charge in [0.15, 0.2) is 0 Å². The van der Waals surface area contributed by atoms with E-state index in [1.54, 1.807) is 0 Å². The molecule has 3 atom stereocenters. The van der Waals surface area contributed by atoms with Gasteiger partial charge in [0.1, 0.15) is 29.7 Å². The number of aliphatic imine (C=N–C) groups is 1. The zero-order chi connectivity index (χ0) is 43.5. The second-order valence-corrected chi connectivity index (χ2v) is 21.7. The van der Waals surface area contributed by atoms with Gasteiger partial charge in [0.2, 0.25) is 5.13 Å². The number of likely N-dealkylation sites (N-methyl/N-ethyl adjacent to an activating group) is 1. The molecule has 8 rings (SSSR count). The highest BCUT2D eigenvalue weighted by Gasteiger charge is 2.59. The van der Waals surface area contributed by atoms with E-state index in [4.69, 9.17) is 15.6 Å². The van der Waals surface area contributed by atoms with E-state index < -0.39 is 5.95 Å². The number of amidine groups is 2. The predicted molar refractivity (Wildman–Crippen MR) is 247 cm³/mol. The summed E-state index contributed by atoms with van der Waals surface area (Å²) in [5, 5.41) is 39.7. The summed E-state index contributed by atoms with van der Waals surface area (Å²) in [6.07, 6.45) is 16.4. The molecule has 3 unspecified atom stereocenters. The van der Waals surface area contributed by atoms with Gasteiger partial charge < -0.3 is 35.4 Å². The van der Waals surface area contributed by atoms with Gasteiger partial charge in [0.25, 0.3) is 5.95 Å². The number of aromatic nitrogens is 3. The minimum atomic E-state index is -0.812. The van der Waals surface area contributed by atoms with E-state index >= 15 is 0 Å². The van der Waals surface area contributed by atoms with Gasteiger partial charge in [-0.25, -0.2) is 9.98 Å². The number of benzene rings is 1. The standard InChI is InChI=1S/C48H67N9O3S/c1-9-46(7)27-47(25-45(5,6)26-48(28-46,29-47)60-22-21-57(8)19-10-11-20-57)30-56-33(4)36(24-51-56)35-15-17-39(53-40(35)43(58)59)55-18-12-13-34(42(55)50)32(3)41(49)54-44-52-37-16-14-31(2)23-38(37)61-44/h14-17,23-24H,9-13,18-22,25-30H2,1-8H3,(H5-,49,50,52,53,54,58,59)/p+1. The summed E-state index contributed by atoms with van der Waals surface area (Å²) in [5.74, 6) is 0.401. The van der Waals surface area contributed by atoms with Crippen LogP contribution in [0.4, 0.5) is 5.13 Å². The Bertz CT molecular complexity index is 2370. The van der Waals surface area contributed by atoms with Crippen molar-refractivity contribution >= 4 is 43.9 Å². The lowest BCUT2D eigenvalue weighted by Crippen LogP contribution is -2.59. The Labute approximate surface area is 366 Å². The Balaban J connectivity index is 1.04. The van der Waals surface area contributed by atoms with Gasteiger partial charge in [-0.3, -0.25) is 10.1 Å². The lowest BCUT2D eigenvalue weighted by molar-refractivity contribution is -0.898. The highest BCUT2D eigenvalue weighted by atomic mass is 32.1. The number of aliphatic hydroxyl groups excluding tert-OH is 1. The number of likely N-dealkylation sites (tertiary alicyclic amines) is 2. The number of ether oxygens (including phenoxy) is 1. The van der Waals surface area contributed by atoms with Crippen LogP contribution in [0.1, 0.15) is 116 Å². The van der Waals surface area contributed by atoms with Crippen molar-refractivity contribution in [3.63, 3.8) is 0 Å². The van der Waals surface area contributed by atoms with Crippen LogP contribution in [0.3, 0.4) is 0 Å². The monoisotopic (exact) mass is 851 g/mol. The quantitative estimate of drug-likeness (QED) is 0.0553. The zero-order valence-electron chi connectivity index (χ0n) is 37.7. The summed E-state index contributed by atoms with van der Waals surface area (Å²) < 4.78 is 11.5. The van der Waals surface area contributed by atoms with E-state index in [9.17, 15) is 15.6 Å². The van der Waals surface area contributed by atoms with Crippen LogP contribution in [-0.4, -0.2) is 91.5 Å². The van der Waals surface area contributed by atoms with E-state index in [-0.39, 0.29) is 27.5 Å². The van der Waals surface area contributed by atoms with E-state index in [0.29, 0.717) is 41.2 Å². The summed E-state index contributed by atoms with van der Waals surface area (Å²) in [6.45, 7) is 21.5. The van der Waals surface area contributed by atoms with Crippen LogP contribution < -0.4 is 11.1 Å². The summed E-state index contributed by atoms with van der Waals surface area (Å²) in [7, 11) is 2.40. The molecule has 0 amide bonds. The third-order valence-electron chi connectivity index (χ3n) is 14.7. The predicted octanol–water partition coefficient (Wildman–Crippen LogP) is 9.70. The normalized spacial score (nSPS) is 28.5. The van der Waals surface area contributed by atoms with Crippen molar-refractivity contribution in [3.8, 4) is 0 Å². The average Bonchev–Trinajstić information content (AvgIpc) is 3.90. The van der Waals surface area contributed by atoms with Crippen molar-refractivity contribution in [3.05, 3.63) is 82.0 Å². The number of nitrogens with zero attached hydrogens (tertiary/aromatic N) is 6. The smallest absolute Gasteiger partial charge is 0.299 e. The molecule has 2 saturated heterocycles. The summed E-state index contributed by atoms with van der Waals surface area (Å²) >= 11 is 1.49. The number of hydrogen-bond donors (Lipinski definition) is 5. The number of rotatable bonds is 11. The molecule has 2 bridgehead atoms. The number of quaternary nitrogens is 1. The van der Waals surface area contributed by atoms with Gasteiger partial charge in [-0.05, 0) is 117 Å². The number of hydrogen-bond acceptors (Lipinski definition) is 9. The number of dihydropyridines is 1. The number of nitrogens with one attached hydrogen (secondary N) is 2. The van der Waals surface area contributed by atoms with E-state index in [1.807, 2.05) is 42.3 Å². The maximum atomic E-state index is 10.8. The fraction of sp³-hybridized carbons (Fsp3) is 0.583. The molecule has 3 aliphatic heterocycles. The third-order valence-corrected chi connectivity index (χ3v) is 15.6. The largest absolute Gasteiger partial charge is 0.480 e. The van der Waals surface area contributed by atoms with Crippen molar-refractivity contribution in [1.29, 1.82) is 5.41 Å². The van der Waals surface area contributed by atoms with Gasteiger partial charge in [0, 0.05) is 48.3 Å². The molecule has 3 aromatic rings. The lowest BCUT2D eigenvalue weighted by Gasteiger charge is -2.62. The van der Waals surface area contributed by atoms with Gasteiger partial charge >= 0.3 is 0 Å². The molecule has 6 N–H and O–H groups in total. The van der Waals surface area contributed by atoms with Gasteiger partial charge in [-0.15, -0.1) is 0 Å². The first-order chi connectivity index (χ1) is 28.8. The summed E-state index contributed by atoms with van der Waals surface area (Å²) in [5.41, 5.74) is 12.9. The average molecular weight is 851 g/mol. The number of fused-ring (bicyclic) bond motifs is 3. The highest BCUT2D eigenvalue weighted by molar-refractivity contribution is 7.22. The van der Waals surface area contributed by atoms with Crippen LogP contribution in [0.15, 0.2) is 70.1 Å². The Morgan fingerprint density at radius 1 is 1.07 bits per heavy atom. The van der Waals surface area contributed by atoms with E-state index in [2.05, 4.69) is 74.6 Å². The molecule has 61 heavy (non-hydrogen) atoms. The van der Waals surface area contributed by atoms with Crippen LogP contribution in [0, 0.1) is 35.5 Å². The van der Waals surface area contributed by atoms with E-state index in [1.165, 1.54) is 37.3 Å². The summed E-state index contributed by atoms with van der Waals surface area (Å²) in [6, 6.07) is 6.13. The number of nitrogens with two attached hydrogens (primary N) is 1. The second kappa shape index (κ2) is 16.0. The third kappa shape index (κ3) is 8.67. The Hall–Kier alpha value is -4.46. The molecule has 0 radical (unpaired) electrons. The molecule has 328 valence electrons. The zero-order valence-corrected chi connectivity index (χ0v) is 38.6. The Morgan fingerprint density at radius 2 is 1.84 bits per heavy atom. The molecule has 1 aromatic carbocycles. The molecular formula is C48H68N9O3S+.